The van der Waals surface area contributed by atoms with Crippen molar-refractivity contribution in [1.29, 1.82) is 0 Å². The van der Waals surface area contributed by atoms with Crippen LogP contribution in [0.5, 0.6) is 0 Å². The zero-order valence-electron chi connectivity index (χ0n) is 17.6. The van der Waals surface area contributed by atoms with E-state index in [4.69, 9.17) is 9.47 Å². The molecule has 0 aliphatic heterocycles. The predicted molar refractivity (Wildman–Crippen MR) is 107 cm³/mol. The Morgan fingerprint density at radius 2 is 1.67 bits per heavy atom. The molecule has 1 aromatic carbocycles. The molecule has 1 N–H and O–H groups in total. The standard InChI is InChI=1S/C22H35NO4/c1-7-26-20(24)18(14-13-17-11-9-8-10-12-17)23-19(15-16(2)3)21(25)27-22(4,5)6/h8-12,16,18-19,23H,7,13-15H2,1-6H3/t18-,19+/m1/s1. The Kier molecular flexibility index (Phi) is 9.50. The molecule has 0 aliphatic carbocycles. The third-order valence-electron chi connectivity index (χ3n) is 3.94. The van der Waals surface area contributed by atoms with Crippen molar-refractivity contribution < 1.29 is 19.1 Å². The molecule has 5 nitrogen and oxygen atoms in total. The lowest BCUT2D eigenvalue weighted by molar-refractivity contribution is -0.159. The first-order valence-corrected chi connectivity index (χ1v) is 9.81. The molecule has 0 spiro atoms. The summed E-state index contributed by atoms with van der Waals surface area (Å²) < 4.78 is 10.8. The van der Waals surface area contributed by atoms with Gasteiger partial charge in [-0.25, -0.2) is 0 Å². The van der Waals surface area contributed by atoms with Gasteiger partial charge in [0.05, 0.1) is 6.61 Å². The molecule has 1 rings (SSSR count). The Bertz CT molecular complexity index is 578. The quantitative estimate of drug-likeness (QED) is 0.627. The molecule has 0 saturated heterocycles. The Morgan fingerprint density at radius 1 is 1.04 bits per heavy atom. The second-order valence-corrected chi connectivity index (χ2v) is 8.21. The Balaban J connectivity index is 2.88. The van der Waals surface area contributed by atoms with Crippen LogP contribution in [0.2, 0.25) is 0 Å². The van der Waals surface area contributed by atoms with Crippen molar-refractivity contribution in [2.45, 2.75) is 78.5 Å². The number of hydrogen-bond acceptors (Lipinski definition) is 5. The van der Waals surface area contributed by atoms with Gasteiger partial charge in [0.15, 0.2) is 0 Å². The molecule has 1 aromatic rings. The topological polar surface area (TPSA) is 64.6 Å². The lowest BCUT2D eigenvalue weighted by Gasteiger charge is -2.28. The van der Waals surface area contributed by atoms with Gasteiger partial charge in [-0.1, -0.05) is 44.2 Å². The van der Waals surface area contributed by atoms with Crippen molar-refractivity contribution in [1.82, 2.24) is 5.32 Å². The van der Waals surface area contributed by atoms with Crippen LogP contribution in [0.15, 0.2) is 30.3 Å². The van der Waals surface area contributed by atoms with E-state index in [0.29, 0.717) is 19.4 Å². The summed E-state index contributed by atoms with van der Waals surface area (Å²) in [5.41, 5.74) is 0.573. The number of carbonyl (C=O) groups excluding carboxylic acids is 2. The van der Waals surface area contributed by atoms with Gasteiger partial charge in [-0.2, -0.15) is 0 Å². The minimum absolute atomic E-state index is 0.284. The number of benzene rings is 1. The van der Waals surface area contributed by atoms with Crippen LogP contribution in [-0.2, 0) is 25.5 Å². The van der Waals surface area contributed by atoms with Gasteiger partial charge in [-0.3, -0.25) is 14.9 Å². The highest BCUT2D eigenvalue weighted by atomic mass is 16.6. The van der Waals surface area contributed by atoms with Gasteiger partial charge < -0.3 is 9.47 Å². The SMILES string of the molecule is CCOC(=O)[C@@H](CCc1ccccc1)N[C@@H](CC(C)C)C(=O)OC(C)(C)C. The Hall–Kier alpha value is -1.88. The lowest BCUT2D eigenvalue weighted by Crippen LogP contribution is -2.50. The summed E-state index contributed by atoms with van der Waals surface area (Å²) in [5, 5.41) is 3.21. The second kappa shape index (κ2) is 11.1. The zero-order valence-corrected chi connectivity index (χ0v) is 17.6. The van der Waals surface area contributed by atoms with E-state index in [1.54, 1.807) is 6.92 Å². The van der Waals surface area contributed by atoms with E-state index in [2.05, 4.69) is 5.32 Å². The predicted octanol–water partition coefficient (Wildman–Crippen LogP) is 3.90. The molecule has 2 atom stereocenters. The molecule has 5 heteroatoms. The average molecular weight is 378 g/mol. The van der Waals surface area contributed by atoms with Crippen LogP contribution >= 0.6 is 0 Å². The maximum Gasteiger partial charge on any atom is 0.323 e. The van der Waals surface area contributed by atoms with E-state index in [1.165, 1.54) is 0 Å². The van der Waals surface area contributed by atoms with Crippen LogP contribution < -0.4 is 5.32 Å². The fourth-order valence-electron chi connectivity index (χ4n) is 2.79. The largest absolute Gasteiger partial charge is 0.465 e. The lowest BCUT2D eigenvalue weighted by atomic mass is 10.00. The van der Waals surface area contributed by atoms with Crippen molar-refractivity contribution in [3.05, 3.63) is 35.9 Å². The normalized spacial score (nSPS) is 13.9. The van der Waals surface area contributed by atoms with Crippen LogP contribution in [0.4, 0.5) is 0 Å². The van der Waals surface area contributed by atoms with Gasteiger partial charge in [0.2, 0.25) is 0 Å². The molecule has 152 valence electrons. The van der Waals surface area contributed by atoms with Crippen molar-refractivity contribution in [3.8, 4) is 0 Å². The van der Waals surface area contributed by atoms with Gasteiger partial charge in [-0.15, -0.1) is 0 Å². The number of esters is 2. The van der Waals surface area contributed by atoms with Gasteiger partial charge in [0.25, 0.3) is 0 Å². The van der Waals surface area contributed by atoms with Crippen molar-refractivity contribution in [2.75, 3.05) is 6.61 Å². The molecular weight excluding hydrogens is 342 g/mol. The molecule has 0 aromatic heterocycles. The van der Waals surface area contributed by atoms with Crippen LogP contribution in [0.25, 0.3) is 0 Å². The first kappa shape index (κ1) is 23.2. The molecule has 0 unspecified atom stereocenters. The first-order chi connectivity index (χ1) is 12.6. The number of hydrogen-bond donors (Lipinski definition) is 1. The summed E-state index contributed by atoms with van der Waals surface area (Å²) in [4.78, 5) is 25.1. The summed E-state index contributed by atoms with van der Waals surface area (Å²) in [6.07, 6.45) is 1.87. The number of aryl methyl sites for hydroxylation is 1. The second-order valence-electron chi connectivity index (χ2n) is 8.21. The molecule has 0 saturated carbocycles. The van der Waals surface area contributed by atoms with Gasteiger partial charge in [-0.05, 0) is 58.4 Å². The van der Waals surface area contributed by atoms with Crippen LogP contribution in [0.1, 0.15) is 59.9 Å². The Morgan fingerprint density at radius 3 is 2.19 bits per heavy atom. The minimum atomic E-state index is -0.572. The smallest absolute Gasteiger partial charge is 0.323 e. The average Bonchev–Trinajstić information content (AvgIpc) is 2.56. The molecule has 0 amide bonds. The van der Waals surface area contributed by atoms with E-state index in [0.717, 1.165) is 12.0 Å². The van der Waals surface area contributed by atoms with E-state index in [1.807, 2.05) is 65.0 Å². The number of ether oxygens (including phenoxy) is 2. The summed E-state index contributed by atoms with van der Waals surface area (Å²) in [6.45, 7) is 11.7. The third kappa shape index (κ3) is 9.57. The number of nitrogens with one attached hydrogen (secondary N) is 1. The first-order valence-electron chi connectivity index (χ1n) is 9.81. The summed E-state index contributed by atoms with van der Waals surface area (Å²) in [6, 6.07) is 8.88. The molecular formula is C22H35NO4. The number of carbonyl (C=O) groups is 2. The van der Waals surface area contributed by atoms with Gasteiger partial charge in [0, 0.05) is 0 Å². The number of rotatable bonds is 10. The van der Waals surface area contributed by atoms with E-state index < -0.39 is 17.7 Å². The summed E-state index contributed by atoms with van der Waals surface area (Å²) in [5.74, 6) is -0.372. The van der Waals surface area contributed by atoms with Crippen LogP contribution in [0.3, 0.4) is 0 Å². The van der Waals surface area contributed by atoms with E-state index >= 15 is 0 Å². The van der Waals surface area contributed by atoms with Crippen molar-refractivity contribution in [2.24, 2.45) is 5.92 Å². The minimum Gasteiger partial charge on any atom is -0.465 e. The van der Waals surface area contributed by atoms with Crippen LogP contribution in [0, 0.1) is 5.92 Å². The highest BCUT2D eigenvalue weighted by Gasteiger charge is 2.30. The third-order valence-corrected chi connectivity index (χ3v) is 3.94. The molecule has 27 heavy (non-hydrogen) atoms. The highest BCUT2D eigenvalue weighted by Crippen LogP contribution is 2.15. The van der Waals surface area contributed by atoms with E-state index in [9.17, 15) is 9.59 Å². The molecule has 0 aliphatic rings. The van der Waals surface area contributed by atoms with Crippen molar-refractivity contribution in [3.63, 3.8) is 0 Å². The van der Waals surface area contributed by atoms with Gasteiger partial charge >= 0.3 is 11.9 Å². The summed E-state index contributed by atoms with van der Waals surface area (Å²) >= 11 is 0. The zero-order chi connectivity index (χ0) is 20.4. The van der Waals surface area contributed by atoms with Gasteiger partial charge in [0.1, 0.15) is 17.7 Å². The molecule has 0 heterocycles. The van der Waals surface area contributed by atoms with Crippen molar-refractivity contribution >= 4 is 11.9 Å². The summed E-state index contributed by atoms with van der Waals surface area (Å²) in [7, 11) is 0. The maximum atomic E-state index is 12.6. The fourth-order valence-corrected chi connectivity index (χ4v) is 2.79. The maximum absolute atomic E-state index is 12.6. The monoisotopic (exact) mass is 377 g/mol. The van der Waals surface area contributed by atoms with E-state index in [-0.39, 0.29) is 17.9 Å². The molecule has 0 radical (unpaired) electrons. The Labute approximate surface area is 163 Å². The molecule has 0 fully saturated rings. The highest BCUT2D eigenvalue weighted by molar-refractivity contribution is 5.80. The fraction of sp³-hybridized carbons (Fsp3) is 0.636. The van der Waals surface area contributed by atoms with Crippen LogP contribution in [-0.4, -0.2) is 36.2 Å². The molecule has 0 bridgehead atoms.